The maximum absolute atomic E-state index is 13.1. The molecule has 2 aromatic rings. The summed E-state index contributed by atoms with van der Waals surface area (Å²) < 4.78 is 13.1. The summed E-state index contributed by atoms with van der Waals surface area (Å²) in [6.45, 7) is 0. The van der Waals surface area contributed by atoms with Gasteiger partial charge in [-0.3, -0.25) is 0 Å². The lowest BCUT2D eigenvalue weighted by Gasteiger charge is -2.12. The van der Waals surface area contributed by atoms with E-state index in [1.807, 2.05) is 18.2 Å². The molecule has 0 amide bonds. The van der Waals surface area contributed by atoms with Crippen molar-refractivity contribution in [2.75, 3.05) is 0 Å². The van der Waals surface area contributed by atoms with E-state index in [9.17, 15) is 9.50 Å². The highest BCUT2D eigenvalue weighted by Crippen LogP contribution is 2.40. The van der Waals surface area contributed by atoms with E-state index in [0.29, 0.717) is 6.42 Å². The Bertz CT molecular complexity index is 558. The zero-order valence-electron chi connectivity index (χ0n) is 10.7. The number of rotatable bonds is 4. The molecule has 1 nitrogen and oxygen atoms in total. The van der Waals surface area contributed by atoms with Crippen molar-refractivity contribution >= 4 is 0 Å². The molecule has 1 saturated carbocycles. The van der Waals surface area contributed by atoms with E-state index in [1.165, 1.54) is 30.5 Å². The van der Waals surface area contributed by atoms with Gasteiger partial charge in [0.2, 0.25) is 0 Å². The minimum Gasteiger partial charge on any atom is -0.388 e. The second-order valence-electron chi connectivity index (χ2n) is 5.29. The molecule has 0 spiro atoms. The molecule has 0 aromatic heterocycles. The van der Waals surface area contributed by atoms with Crippen molar-refractivity contribution in [1.29, 1.82) is 0 Å². The minimum atomic E-state index is -0.574. The third-order valence-electron chi connectivity index (χ3n) is 3.69. The molecule has 1 aliphatic rings. The van der Waals surface area contributed by atoms with Crippen LogP contribution in [0.25, 0.3) is 0 Å². The third kappa shape index (κ3) is 3.02. The number of hydrogen-bond donors (Lipinski definition) is 1. The van der Waals surface area contributed by atoms with Gasteiger partial charge in [0.15, 0.2) is 0 Å². The quantitative estimate of drug-likeness (QED) is 0.877. The zero-order chi connectivity index (χ0) is 13.2. The number of benzene rings is 2. The van der Waals surface area contributed by atoms with Gasteiger partial charge in [0.05, 0.1) is 6.10 Å². The Labute approximate surface area is 112 Å². The van der Waals surface area contributed by atoms with Gasteiger partial charge < -0.3 is 5.11 Å². The van der Waals surface area contributed by atoms with Crippen LogP contribution in [0.1, 0.15) is 41.6 Å². The number of halogens is 1. The Morgan fingerprint density at radius 3 is 2.47 bits per heavy atom. The molecule has 2 heteroatoms. The SMILES string of the molecule is OC(Cc1cccc(F)c1)c1ccc(C2CC2)cc1. The first-order chi connectivity index (χ1) is 9.22. The Hall–Kier alpha value is -1.67. The molecule has 2 aromatic carbocycles. The molecule has 1 aliphatic carbocycles. The summed E-state index contributed by atoms with van der Waals surface area (Å²) >= 11 is 0. The van der Waals surface area contributed by atoms with Gasteiger partial charge in [-0.2, -0.15) is 0 Å². The van der Waals surface area contributed by atoms with Gasteiger partial charge >= 0.3 is 0 Å². The highest BCUT2D eigenvalue weighted by atomic mass is 19.1. The van der Waals surface area contributed by atoms with E-state index < -0.39 is 6.10 Å². The molecule has 19 heavy (non-hydrogen) atoms. The highest BCUT2D eigenvalue weighted by molar-refractivity contribution is 5.30. The van der Waals surface area contributed by atoms with Crippen LogP contribution in [0.5, 0.6) is 0 Å². The summed E-state index contributed by atoms with van der Waals surface area (Å²) in [5.74, 6) is 0.475. The van der Waals surface area contributed by atoms with Gasteiger partial charge in [-0.05, 0) is 47.6 Å². The van der Waals surface area contributed by atoms with Crippen LogP contribution in [-0.4, -0.2) is 5.11 Å². The maximum Gasteiger partial charge on any atom is 0.123 e. The Morgan fingerprint density at radius 2 is 1.84 bits per heavy atom. The van der Waals surface area contributed by atoms with Gasteiger partial charge in [0.1, 0.15) is 5.82 Å². The summed E-state index contributed by atoms with van der Waals surface area (Å²) in [4.78, 5) is 0. The van der Waals surface area contributed by atoms with Crippen molar-refractivity contribution in [3.63, 3.8) is 0 Å². The summed E-state index contributed by atoms with van der Waals surface area (Å²) in [5.41, 5.74) is 3.08. The second kappa shape index (κ2) is 5.14. The largest absolute Gasteiger partial charge is 0.388 e. The first kappa shape index (κ1) is 12.4. The van der Waals surface area contributed by atoms with Crippen molar-refractivity contribution in [3.8, 4) is 0 Å². The van der Waals surface area contributed by atoms with Gasteiger partial charge in [-0.15, -0.1) is 0 Å². The van der Waals surface area contributed by atoms with E-state index >= 15 is 0 Å². The number of aliphatic hydroxyl groups is 1. The third-order valence-corrected chi connectivity index (χ3v) is 3.69. The molecule has 0 saturated heterocycles. The maximum atomic E-state index is 13.1. The van der Waals surface area contributed by atoms with Gasteiger partial charge in [-0.25, -0.2) is 4.39 Å². The van der Waals surface area contributed by atoms with Gasteiger partial charge in [0.25, 0.3) is 0 Å². The lowest BCUT2D eigenvalue weighted by molar-refractivity contribution is 0.178. The monoisotopic (exact) mass is 256 g/mol. The van der Waals surface area contributed by atoms with Crippen LogP contribution >= 0.6 is 0 Å². The number of hydrogen-bond acceptors (Lipinski definition) is 1. The van der Waals surface area contributed by atoms with Gasteiger partial charge in [-0.1, -0.05) is 36.4 Å². The second-order valence-corrected chi connectivity index (χ2v) is 5.29. The van der Waals surface area contributed by atoms with Crippen molar-refractivity contribution in [2.45, 2.75) is 31.3 Å². The molecular weight excluding hydrogens is 239 g/mol. The summed E-state index contributed by atoms with van der Waals surface area (Å²) in [5, 5.41) is 10.2. The van der Waals surface area contributed by atoms with Crippen LogP contribution < -0.4 is 0 Å². The van der Waals surface area contributed by atoms with Crippen LogP contribution in [0.3, 0.4) is 0 Å². The molecule has 1 unspecified atom stereocenters. The molecule has 1 atom stereocenters. The van der Waals surface area contributed by atoms with Crippen molar-refractivity contribution in [1.82, 2.24) is 0 Å². The van der Waals surface area contributed by atoms with E-state index in [0.717, 1.165) is 17.0 Å². The molecule has 0 bridgehead atoms. The number of aliphatic hydroxyl groups excluding tert-OH is 1. The average Bonchev–Trinajstić information content (AvgIpc) is 3.23. The Morgan fingerprint density at radius 1 is 1.11 bits per heavy atom. The molecule has 1 N–H and O–H groups in total. The van der Waals surface area contributed by atoms with E-state index in [-0.39, 0.29) is 5.82 Å². The van der Waals surface area contributed by atoms with E-state index in [4.69, 9.17) is 0 Å². The predicted octanol–water partition coefficient (Wildman–Crippen LogP) is 3.98. The normalized spacial score (nSPS) is 16.3. The average molecular weight is 256 g/mol. The lowest BCUT2D eigenvalue weighted by atomic mass is 9.99. The highest BCUT2D eigenvalue weighted by Gasteiger charge is 2.23. The zero-order valence-corrected chi connectivity index (χ0v) is 10.7. The van der Waals surface area contributed by atoms with Crippen molar-refractivity contribution in [2.24, 2.45) is 0 Å². The molecule has 1 fully saturated rings. The molecule has 98 valence electrons. The fourth-order valence-electron chi connectivity index (χ4n) is 2.41. The molecule has 0 radical (unpaired) electrons. The molecule has 3 rings (SSSR count). The van der Waals surface area contributed by atoms with Crippen LogP contribution in [0.2, 0.25) is 0 Å². The van der Waals surface area contributed by atoms with Crippen LogP contribution in [0.15, 0.2) is 48.5 Å². The van der Waals surface area contributed by atoms with Crippen LogP contribution in [0, 0.1) is 5.82 Å². The predicted molar refractivity (Wildman–Crippen MR) is 73.5 cm³/mol. The summed E-state index contributed by atoms with van der Waals surface area (Å²) in [6.07, 6.45) is 2.44. The van der Waals surface area contributed by atoms with Crippen LogP contribution in [-0.2, 0) is 6.42 Å². The fraction of sp³-hybridized carbons (Fsp3) is 0.294. The fourth-order valence-corrected chi connectivity index (χ4v) is 2.41. The van der Waals surface area contributed by atoms with Gasteiger partial charge in [0, 0.05) is 6.42 Å². The first-order valence-electron chi connectivity index (χ1n) is 6.75. The standard InChI is InChI=1S/C17H17FO/c18-16-3-1-2-12(10-16)11-17(19)15-8-6-14(7-9-15)13-4-5-13/h1-3,6-10,13,17,19H,4-5,11H2. The Kier molecular flexibility index (Phi) is 3.34. The molecule has 0 heterocycles. The van der Waals surface area contributed by atoms with E-state index in [1.54, 1.807) is 6.07 Å². The topological polar surface area (TPSA) is 20.2 Å². The Balaban J connectivity index is 1.70. The summed E-state index contributed by atoms with van der Waals surface area (Å²) in [6, 6.07) is 14.6. The lowest BCUT2D eigenvalue weighted by Crippen LogP contribution is -2.02. The first-order valence-corrected chi connectivity index (χ1v) is 6.75. The molecule has 0 aliphatic heterocycles. The van der Waals surface area contributed by atoms with Crippen molar-refractivity contribution in [3.05, 3.63) is 71.0 Å². The minimum absolute atomic E-state index is 0.256. The van der Waals surface area contributed by atoms with Crippen molar-refractivity contribution < 1.29 is 9.50 Å². The molecular formula is C17H17FO. The van der Waals surface area contributed by atoms with E-state index in [2.05, 4.69) is 12.1 Å². The van der Waals surface area contributed by atoms with Crippen LogP contribution in [0.4, 0.5) is 4.39 Å². The smallest absolute Gasteiger partial charge is 0.123 e. The summed E-state index contributed by atoms with van der Waals surface area (Å²) in [7, 11) is 0.